The predicted molar refractivity (Wildman–Crippen MR) is 71.6 cm³/mol. The second-order valence-corrected chi connectivity index (χ2v) is 4.24. The van der Waals surface area contributed by atoms with Crippen molar-refractivity contribution in [3.63, 3.8) is 0 Å². The number of hydrogen-bond acceptors (Lipinski definition) is 3. The first-order valence-corrected chi connectivity index (χ1v) is 6.24. The van der Waals surface area contributed by atoms with Crippen LogP contribution in [0.3, 0.4) is 0 Å². The van der Waals surface area contributed by atoms with E-state index in [1.54, 1.807) is 6.20 Å². The molecule has 1 heterocycles. The maximum absolute atomic E-state index is 6.05. The minimum atomic E-state index is -0.117. The molecule has 0 aliphatic heterocycles. The fraction of sp³-hybridized carbons (Fsp3) is 0.357. The lowest BCUT2D eigenvalue weighted by molar-refractivity contribution is 0.121. The third kappa shape index (κ3) is 3.18. The molecule has 1 aromatic carbocycles. The Morgan fingerprint density at radius 3 is 2.83 bits per heavy atom. The highest BCUT2D eigenvalue weighted by Gasteiger charge is 2.09. The molecule has 0 radical (unpaired) electrons. The van der Waals surface area contributed by atoms with Crippen LogP contribution in [0.15, 0.2) is 42.7 Å². The van der Waals surface area contributed by atoms with Gasteiger partial charge in [-0.15, -0.1) is 0 Å². The second-order valence-electron chi connectivity index (χ2n) is 4.24. The van der Waals surface area contributed by atoms with E-state index in [0.717, 1.165) is 24.3 Å². The molecule has 0 fully saturated rings. The molecule has 2 N–H and O–H groups in total. The quantitative estimate of drug-likeness (QED) is 0.794. The number of nitrogens with two attached hydrogens (primary N) is 1. The Labute approximate surface area is 107 Å². The van der Waals surface area contributed by atoms with E-state index < -0.39 is 0 Å². The normalized spacial score (nSPS) is 12.6. The number of para-hydroxylation sites is 1. The SMILES string of the molecule is CCCOCC(N)c1cnn(-c2ccccc2)c1. The summed E-state index contributed by atoms with van der Waals surface area (Å²) in [6.07, 6.45) is 4.76. The molecule has 0 saturated heterocycles. The van der Waals surface area contributed by atoms with Crippen molar-refractivity contribution in [2.24, 2.45) is 5.73 Å². The number of ether oxygens (including phenoxy) is 1. The van der Waals surface area contributed by atoms with Gasteiger partial charge in [-0.25, -0.2) is 4.68 Å². The summed E-state index contributed by atoms with van der Waals surface area (Å²) >= 11 is 0. The monoisotopic (exact) mass is 245 g/mol. The minimum Gasteiger partial charge on any atom is -0.379 e. The average molecular weight is 245 g/mol. The van der Waals surface area contributed by atoms with Crippen molar-refractivity contribution in [2.45, 2.75) is 19.4 Å². The Bertz CT molecular complexity index is 467. The van der Waals surface area contributed by atoms with Crippen LogP contribution in [0.4, 0.5) is 0 Å². The minimum absolute atomic E-state index is 0.117. The highest BCUT2D eigenvalue weighted by Crippen LogP contribution is 2.13. The average Bonchev–Trinajstić information content (AvgIpc) is 2.89. The van der Waals surface area contributed by atoms with E-state index >= 15 is 0 Å². The molecule has 2 aromatic rings. The van der Waals surface area contributed by atoms with E-state index in [2.05, 4.69) is 12.0 Å². The van der Waals surface area contributed by atoms with Gasteiger partial charge in [-0.05, 0) is 18.6 Å². The Kier molecular flexibility index (Phi) is 4.50. The Morgan fingerprint density at radius 2 is 2.11 bits per heavy atom. The summed E-state index contributed by atoms with van der Waals surface area (Å²) in [5.41, 5.74) is 8.08. The number of benzene rings is 1. The summed E-state index contributed by atoms with van der Waals surface area (Å²) in [5.74, 6) is 0. The summed E-state index contributed by atoms with van der Waals surface area (Å²) in [4.78, 5) is 0. The fourth-order valence-electron chi connectivity index (χ4n) is 1.70. The molecule has 0 spiro atoms. The van der Waals surface area contributed by atoms with E-state index in [9.17, 15) is 0 Å². The zero-order valence-electron chi connectivity index (χ0n) is 10.6. The molecular weight excluding hydrogens is 226 g/mol. The van der Waals surface area contributed by atoms with Crippen molar-refractivity contribution in [1.29, 1.82) is 0 Å². The lowest BCUT2D eigenvalue weighted by atomic mass is 10.2. The maximum atomic E-state index is 6.05. The van der Waals surface area contributed by atoms with Crippen molar-refractivity contribution in [2.75, 3.05) is 13.2 Å². The van der Waals surface area contributed by atoms with Crippen LogP contribution in [0, 0.1) is 0 Å². The largest absolute Gasteiger partial charge is 0.379 e. The van der Waals surface area contributed by atoms with Gasteiger partial charge < -0.3 is 10.5 Å². The number of aromatic nitrogens is 2. The van der Waals surface area contributed by atoms with E-state index in [0.29, 0.717) is 6.61 Å². The van der Waals surface area contributed by atoms with Crippen molar-refractivity contribution >= 4 is 0 Å². The summed E-state index contributed by atoms with van der Waals surface area (Å²) in [5, 5.41) is 4.32. The van der Waals surface area contributed by atoms with Gasteiger partial charge in [-0.2, -0.15) is 5.10 Å². The molecule has 4 nitrogen and oxygen atoms in total. The van der Waals surface area contributed by atoms with E-state index in [4.69, 9.17) is 10.5 Å². The highest BCUT2D eigenvalue weighted by molar-refractivity contribution is 5.31. The second kappa shape index (κ2) is 6.33. The maximum Gasteiger partial charge on any atom is 0.0660 e. The van der Waals surface area contributed by atoms with Gasteiger partial charge >= 0.3 is 0 Å². The van der Waals surface area contributed by atoms with Crippen LogP contribution in [0.2, 0.25) is 0 Å². The predicted octanol–water partition coefficient (Wildman–Crippen LogP) is 2.30. The molecule has 0 amide bonds. The molecule has 96 valence electrons. The third-order valence-electron chi connectivity index (χ3n) is 2.70. The molecule has 0 aliphatic rings. The van der Waals surface area contributed by atoms with Gasteiger partial charge in [0.15, 0.2) is 0 Å². The number of hydrogen-bond donors (Lipinski definition) is 1. The molecule has 2 rings (SSSR count). The lowest BCUT2D eigenvalue weighted by Crippen LogP contribution is -2.16. The van der Waals surface area contributed by atoms with E-state index in [-0.39, 0.29) is 6.04 Å². The van der Waals surface area contributed by atoms with Crippen LogP contribution in [-0.4, -0.2) is 23.0 Å². The van der Waals surface area contributed by atoms with Gasteiger partial charge in [0, 0.05) is 18.4 Å². The fourth-order valence-corrected chi connectivity index (χ4v) is 1.70. The summed E-state index contributed by atoms with van der Waals surface area (Å²) in [7, 11) is 0. The van der Waals surface area contributed by atoms with E-state index in [1.807, 2.05) is 41.2 Å². The van der Waals surface area contributed by atoms with Crippen LogP contribution in [0.25, 0.3) is 5.69 Å². The molecule has 4 heteroatoms. The van der Waals surface area contributed by atoms with Crippen molar-refractivity contribution < 1.29 is 4.74 Å². The first-order chi connectivity index (χ1) is 8.81. The van der Waals surface area contributed by atoms with Crippen molar-refractivity contribution in [1.82, 2.24) is 9.78 Å². The van der Waals surface area contributed by atoms with Crippen LogP contribution in [0.1, 0.15) is 24.9 Å². The van der Waals surface area contributed by atoms with Crippen molar-refractivity contribution in [3.05, 3.63) is 48.3 Å². The summed E-state index contributed by atoms with van der Waals surface area (Å²) in [6, 6.07) is 9.86. The van der Waals surface area contributed by atoms with Gasteiger partial charge in [-0.1, -0.05) is 25.1 Å². The van der Waals surface area contributed by atoms with Gasteiger partial charge in [0.2, 0.25) is 0 Å². The van der Waals surface area contributed by atoms with Crippen LogP contribution in [0.5, 0.6) is 0 Å². The summed E-state index contributed by atoms with van der Waals surface area (Å²) in [6.45, 7) is 3.37. The zero-order chi connectivity index (χ0) is 12.8. The van der Waals surface area contributed by atoms with Gasteiger partial charge in [0.05, 0.1) is 24.5 Å². The highest BCUT2D eigenvalue weighted by atomic mass is 16.5. The Morgan fingerprint density at radius 1 is 1.33 bits per heavy atom. The van der Waals surface area contributed by atoms with Gasteiger partial charge in [0.1, 0.15) is 0 Å². The molecule has 0 aliphatic carbocycles. The number of nitrogens with zero attached hydrogens (tertiary/aromatic N) is 2. The first kappa shape index (κ1) is 12.8. The molecule has 1 atom stereocenters. The van der Waals surface area contributed by atoms with Gasteiger partial charge in [-0.3, -0.25) is 0 Å². The Hall–Kier alpha value is -1.65. The summed E-state index contributed by atoms with van der Waals surface area (Å²) < 4.78 is 7.28. The molecular formula is C14H19N3O. The van der Waals surface area contributed by atoms with Crippen LogP contribution >= 0.6 is 0 Å². The molecule has 1 unspecified atom stereocenters. The van der Waals surface area contributed by atoms with E-state index in [1.165, 1.54) is 0 Å². The molecule has 0 saturated carbocycles. The van der Waals surface area contributed by atoms with Crippen LogP contribution < -0.4 is 5.73 Å². The molecule has 18 heavy (non-hydrogen) atoms. The first-order valence-electron chi connectivity index (χ1n) is 6.24. The van der Waals surface area contributed by atoms with Gasteiger partial charge in [0.25, 0.3) is 0 Å². The lowest BCUT2D eigenvalue weighted by Gasteiger charge is -2.09. The number of rotatable bonds is 6. The molecule has 1 aromatic heterocycles. The third-order valence-corrected chi connectivity index (χ3v) is 2.70. The van der Waals surface area contributed by atoms with Crippen LogP contribution in [-0.2, 0) is 4.74 Å². The molecule has 0 bridgehead atoms. The Balaban J connectivity index is 2.02. The zero-order valence-corrected chi connectivity index (χ0v) is 10.6. The standard InChI is InChI=1S/C14H19N3O/c1-2-8-18-11-14(15)12-9-16-17(10-12)13-6-4-3-5-7-13/h3-7,9-10,14H,2,8,11,15H2,1H3. The smallest absolute Gasteiger partial charge is 0.0660 e. The van der Waals surface area contributed by atoms with Crippen molar-refractivity contribution in [3.8, 4) is 5.69 Å². The topological polar surface area (TPSA) is 53.1 Å².